The molecular formula is C10H14ClO5P. The van der Waals surface area contributed by atoms with E-state index in [0.717, 1.165) is 0 Å². The Kier molecular flexibility index (Phi) is 5.40. The fraction of sp³-hybridized carbons (Fsp3) is 0.500. The molecule has 0 unspecified atom stereocenters. The maximum absolute atomic E-state index is 12.2. The molecule has 0 bridgehead atoms. The van der Waals surface area contributed by atoms with Crippen molar-refractivity contribution in [1.29, 1.82) is 0 Å². The van der Waals surface area contributed by atoms with Gasteiger partial charge in [0.25, 0.3) is 0 Å². The fourth-order valence-corrected chi connectivity index (χ4v) is 2.89. The van der Waals surface area contributed by atoms with E-state index >= 15 is 0 Å². The number of carbonyl (C=O) groups is 1. The molecule has 0 aliphatic rings. The van der Waals surface area contributed by atoms with Gasteiger partial charge >= 0.3 is 13.1 Å². The van der Waals surface area contributed by atoms with Crippen molar-refractivity contribution in [3.63, 3.8) is 0 Å². The van der Waals surface area contributed by atoms with Crippen LogP contribution in [0.15, 0.2) is 16.7 Å². The number of halogens is 1. The van der Waals surface area contributed by atoms with E-state index < -0.39 is 13.1 Å². The number of carbonyl (C=O) groups excluding carboxylic acids is 1. The zero-order valence-electron chi connectivity index (χ0n) is 9.64. The third kappa shape index (κ3) is 3.19. The Morgan fingerprint density at radius 3 is 2.47 bits per heavy atom. The lowest BCUT2D eigenvalue weighted by atomic mass is 10.3. The Hall–Kier alpha value is -0.610. The number of hydrogen-bond donors (Lipinski definition) is 0. The molecule has 0 spiro atoms. The lowest BCUT2D eigenvalue weighted by molar-refractivity contribution is 0.0975. The zero-order valence-corrected chi connectivity index (χ0v) is 11.3. The molecule has 0 N–H and O–H groups in total. The predicted octanol–water partition coefficient (Wildman–Crippen LogP) is 3.42. The summed E-state index contributed by atoms with van der Waals surface area (Å²) in [5, 5.41) is 0. The van der Waals surface area contributed by atoms with Gasteiger partial charge in [-0.15, -0.1) is 11.6 Å². The molecule has 7 heteroatoms. The van der Waals surface area contributed by atoms with Crippen LogP contribution in [0.3, 0.4) is 0 Å². The number of hydrogen-bond acceptors (Lipinski definition) is 5. The van der Waals surface area contributed by atoms with Crippen molar-refractivity contribution in [2.45, 2.75) is 19.7 Å². The largest absolute Gasteiger partial charge is 0.460 e. The van der Waals surface area contributed by atoms with Gasteiger partial charge < -0.3 is 13.5 Å². The Labute approximate surface area is 105 Å². The van der Waals surface area contributed by atoms with E-state index in [1.165, 1.54) is 6.26 Å². The summed E-state index contributed by atoms with van der Waals surface area (Å²) in [5.41, 5.74) is -0.321. The van der Waals surface area contributed by atoms with Gasteiger partial charge in [-0.05, 0) is 19.9 Å². The first-order valence-corrected chi connectivity index (χ1v) is 7.23. The Morgan fingerprint density at radius 1 is 1.41 bits per heavy atom. The van der Waals surface area contributed by atoms with Crippen molar-refractivity contribution in [2.24, 2.45) is 0 Å². The molecule has 0 atom stereocenters. The summed E-state index contributed by atoms with van der Waals surface area (Å²) < 4.78 is 27.0. The summed E-state index contributed by atoms with van der Waals surface area (Å²) in [6.45, 7) is 3.48. The second kappa shape index (κ2) is 6.36. The monoisotopic (exact) mass is 280 g/mol. The van der Waals surface area contributed by atoms with E-state index in [9.17, 15) is 9.36 Å². The molecule has 0 radical (unpaired) electrons. The maximum Gasteiger partial charge on any atom is 0.404 e. The molecule has 1 rings (SSSR count). The summed E-state index contributed by atoms with van der Waals surface area (Å²) in [4.78, 5) is 12.0. The molecule has 1 aromatic rings. The van der Waals surface area contributed by atoms with Crippen molar-refractivity contribution < 1.29 is 22.8 Å². The summed E-state index contributed by atoms with van der Waals surface area (Å²) in [5.74, 6) is 0.0285. The summed E-state index contributed by atoms with van der Waals surface area (Å²) in [7, 11) is -3.83. The quantitative estimate of drug-likeness (QED) is 0.565. The molecule has 0 amide bonds. The van der Waals surface area contributed by atoms with Gasteiger partial charge in [0.05, 0.1) is 25.4 Å². The molecule has 17 heavy (non-hydrogen) atoms. The third-order valence-electron chi connectivity index (χ3n) is 1.93. The highest BCUT2D eigenvalue weighted by molar-refractivity contribution is 7.72. The van der Waals surface area contributed by atoms with Crippen LogP contribution in [-0.2, 0) is 19.5 Å². The molecule has 0 saturated carbocycles. The van der Waals surface area contributed by atoms with E-state index in [2.05, 4.69) is 0 Å². The van der Waals surface area contributed by atoms with Crippen LogP contribution in [0.2, 0.25) is 0 Å². The van der Waals surface area contributed by atoms with Gasteiger partial charge in [-0.3, -0.25) is 9.36 Å². The third-order valence-corrected chi connectivity index (χ3v) is 4.12. The number of furan rings is 1. The molecule has 5 nitrogen and oxygen atoms in total. The maximum atomic E-state index is 12.2. The Morgan fingerprint density at radius 2 is 2.00 bits per heavy atom. The SMILES string of the molecule is CCOP(=O)(OCC)C(=O)c1occc1CCl. The predicted molar refractivity (Wildman–Crippen MR) is 63.5 cm³/mol. The van der Waals surface area contributed by atoms with Gasteiger partial charge in [-0.1, -0.05) is 0 Å². The first-order valence-electron chi connectivity index (χ1n) is 5.15. The second-order valence-electron chi connectivity index (χ2n) is 3.05. The smallest absolute Gasteiger partial charge is 0.404 e. The first kappa shape index (κ1) is 14.5. The minimum absolute atomic E-state index is 0.0646. The highest BCUT2D eigenvalue weighted by Gasteiger charge is 2.38. The average molecular weight is 281 g/mol. The van der Waals surface area contributed by atoms with Crippen LogP contribution in [0.1, 0.15) is 30.0 Å². The van der Waals surface area contributed by atoms with Crippen molar-refractivity contribution in [1.82, 2.24) is 0 Å². The van der Waals surface area contributed by atoms with Gasteiger partial charge in [0.2, 0.25) is 0 Å². The highest BCUT2D eigenvalue weighted by atomic mass is 35.5. The summed E-state index contributed by atoms with van der Waals surface area (Å²) >= 11 is 5.64. The van der Waals surface area contributed by atoms with Crippen molar-refractivity contribution >= 4 is 24.7 Å². The highest BCUT2D eigenvalue weighted by Crippen LogP contribution is 2.51. The van der Waals surface area contributed by atoms with Crippen LogP contribution in [-0.4, -0.2) is 18.7 Å². The van der Waals surface area contributed by atoms with Crippen LogP contribution in [0.25, 0.3) is 0 Å². The van der Waals surface area contributed by atoms with E-state index in [0.29, 0.717) is 5.56 Å². The Balaban J connectivity index is 3.04. The standard InChI is InChI=1S/C10H14ClO5P/c1-3-15-17(13,16-4-2)10(12)9-8(7-11)5-6-14-9/h5-6H,3-4,7H2,1-2H3. The van der Waals surface area contributed by atoms with E-state index in [1.54, 1.807) is 19.9 Å². The molecule has 0 fully saturated rings. The first-order chi connectivity index (χ1) is 8.09. The van der Waals surface area contributed by atoms with Gasteiger partial charge in [-0.25, -0.2) is 0 Å². The van der Waals surface area contributed by atoms with Crippen LogP contribution in [0.5, 0.6) is 0 Å². The van der Waals surface area contributed by atoms with Crippen LogP contribution in [0.4, 0.5) is 0 Å². The van der Waals surface area contributed by atoms with Gasteiger partial charge in [-0.2, -0.15) is 0 Å². The second-order valence-corrected chi connectivity index (χ2v) is 5.23. The zero-order chi connectivity index (χ0) is 12.9. The van der Waals surface area contributed by atoms with Gasteiger partial charge in [0.15, 0.2) is 5.76 Å². The summed E-state index contributed by atoms with van der Waals surface area (Å²) in [6, 6.07) is 1.54. The lowest BCUT2D eigenvalue weighted by Gasteiger charge is -2.14. The van der Waals surface area contributed by atoms with E-state index in [4.69, 9.17) is 25.1 Å². The van der Waals surface area contributed by atoms with E-state index in [-0.39, 0.29) is 24.9 Å². The summed E-state index contributed by atoms with van der Waals surface area (Å²) in [6.07, 6.45) is 1.31. The average Bonchev–Trinajstić information content (AvgIpc) is 2.76. The Bertz CT molecular complexity index is 418. The molecular weight excluding hydrogens is 267 g/mol. The molecule has 1 heterocycles. The normalized spacial score (nSPS) is 11.7. The molecule has 96 valence electrons. The number of alkyl halides is 1. The molecule has 0 aliphatic heterocycles. The molecule has 1 aromatic heterocycles. The van der Waals surface area contributed by atoms with Crippen molar-refractivity contribution in [3.8, 4) is 0 Å². The van der Waals surface area contributed by atoms with Gasteiger partial charge in [0.1, 0.15) is 0 Å². The molecule has 0 aliphatic carbocycles. The van der Waals surface area contributed by atoms with Gasteiger partial charge in [0, 0.05) is 5.56 Å². The van der Waals surface area contributed by atoms with Crippen LogP contribution >= 0.6 is 19.2 Å². The lowest BCUT2D eigenvalue weighted by Crippen LogP contribution is -2.08. The molecule has 0 aromatic carbocycles. The fourth-order valence-electron chi connectivity index (χ4n) is 1.25. The van der Waals surface area contributed by atoms with Crippen LogP contribution < -0.4 is 0 Å². The van der Waals surface area contributed by atoms with Crippen LogP contribution in [0, 0.1) is 0 Å². The van der Waals surface area contributed by atoms with Crippen molar-refractivity contribution in [2.75, 3.05) is 13.2 Å². The van der Waals surface area contributed by atoms with E-state index in [1.807, 2.05) is 0 Å². The minimum atomic E-state index is -3.83. The van der Waals surface area contributed by atoms with Crippen molar-refractivity contribution in [3.05, 3.63) is 23.7 Å². The topological polar surface area (TPSA) is 65.7 Å². The molecule has 0 saturated heterocycles. The number of rotatable bonds is 7. The minimum Gasteiger partial charge on any atom is -0.460 e.